The molecule has 0 heterocycles. The first-order valence-electron chi connectivity index (χ1n) is 21.2. The second-order valence-corrected chi connectivity index (χ2v) is 21.9. The zero-order chi connectivity index (χ0) is 38.0. The summed E-state index contributed by atoms with van der Waals surface area (Å²) >= 11 is 8.13. The third kappa shape index (κ3) is 21.4. The summed E-state index contributed by atoms with van der Waals surface area (Å²) in [5.74, 6) is 8.65. The van der Waals surface area contributed by atoms with Gasteiger partial charge in [0.1, 0.15) is 0 Å². The summed E-state index contributed by atoms with van der Waals surface area (Å²) in [6.07, 6.45) is 25.7. The fourth-order valence-corrected chi connectivity index (χ4v) is 10.7. The van der Waals surface area contributed by atoms with Gasteiger partial charge < -0.3 is 14.8 Å². The molecule has 300 valence electrons. The summed E-state index contributed by atoms with van der Waals surface area (Å²) in [5, 5.41) is 1.85. The maximum absolute atomic E-state index is 6.92. The smallest absolute Gasteiger partial charge is 0.248 e. The SMILES string of the molecule is CCCCCCCCCCC(C)(C)N(CSP(=S)(OCC(CC)CCCC)OCC(CC)CCCCC)CN(N)c1cc(CCCC)ccc1N. The first-order chi connectivity index (χ1) is 24.5. The van der Waals surface area contributed by atoms with Gasteiger partial charge in [0, 0.05) is 5.54 Å². The molecule has 0 aliphatic carbocycles. The highest BCUT2D eigenvalue weighted by molar-refractivity contribution is 8.67. The van der Waals surface area contributed by atoms with Crippen LogP contribution in [0.1, 0.15) is 189 Å². The van der Waals surface area contributed by atoms with Gasteiger partial charge in [0.25, 0.3) is 0 Å². The minimum atomic E-state index is -2.62. The molecular weight excluding hydrogens is 688 g/mol. The van der Waals surface area contributed by atoms with Crippen molar-refractivity contribution in [2.75, 3.05) is 36.5 Å². The number of aryl methyl sites for hydroxylation is 1. The Labute approximate surface area is 326 Å². The standard InChI is InChI=1S/C42H83N4O2PS2/c1-9-15-19-20-21-22-23-25-31-42(7,8)45(35-46(44)41-32-39(27-18-12-4)29-30-40(41)43)36-51-49(50,47-33-37(13-5)26-17-11-3)48-34-38(14-6)28-24-16-10-2/h29-30,32,37-38H,9-28,31,33-36,43-44H2,1-8H3. The van der Waals surface area contributed by atoms with Crippen molar-refractivity contribution in [3.8, 4) is 0 Å². The van der Waals surface area contributed by atoms with E-state index in [4.69, 9.17) is 32.4 Å². The van der Waals surface area contributed by atoms with Crippen LogP contribution in [0.3, 0.4) is 0 Å². The molecule has 0 saturated carbocycles. The van der Waals surface area contributed by atoms with Gasteiger partial charge in [-0.2, -0.15) is 0 Å². The van der Waals surface area contributed by atoms with E-state index in [0.29, 0.717) is 37.6 Å². The highest BCUT2D eigenvalue weighted by Gasteiger charge is 2.32. The molecule has 6 nitrogen and oxygen atoms in total. The van der Waals surface area contributed by atoms with Gasteiger partial charge in [-0.25, -0.2) is 5.84 Å². The van der Waals surface area contributed by atoms with E-state index in [1.165, 1.54) is 102 Å². The lowest BCUT2D eigenvalue weighted by Gasteiger charge is -2.42. The predicted octanol–water partition coefficient (Wildman–Crippen LogP) is 13.6. The van der Waals surface area contributed by atoms with Crippen LogP contribution in [0.15, 0.2) is 18.2 Å². The first-order valence-corrected chi connectivity index (χ1v) is 25.4. The van der Waals surface area contributed by atoms with Crippen LogP contribution in [0.4, 0.5) is 11.4 Å². The highest BCUT2D eigenvalue weighted by Crippen LogP contribution is 2.62. The van der Waals surface area contributed by atoms with E-state index in [9.17, 15) is 0 Å². The topological polar surface area (TPSA) is 77.0 Å². The molecule has 3 atom stereocenters. The van der Waals surface area contributed by atoms with Crippen LogP contribution in [-0.2, 0) is 27.3 Å². The third-order valence-corrected chi connectivity index (χ3v) is 15.9. The Hall–Kier alpha value is -0.340. The Balaban J connectivity index is 3.24. The molecule has 0 bridgehead atoms. The number of anilines is 2. The van der Waals surface area contributed by atoms with Gasteiger partial charge in [-0.3, -0.25) is 9.91 Å². The van der Waals surface area contributed by atoms with Gasteiger partial charge in [0.15, 0.2) is 0 Å². The maximum Gasteiger partial charge on any atom is 0.248 e. The van der Waals surface area contributed by atoms with Gasteiger partial charge in [-0.15, -0.1) is 0 Å². The summed E-state index contributed by atoms with van der Waals surface area (Å²) in [4.78, 5) is 2.50. The molecule has 9 heteroatoms. The fourth-order valence-electron chi connectivity index (χ4n) is 6.52. The van der Waals surface area contributed by atoms with Crippen LogP contribution < -0.4 is 16.6 Å². The van der Waals surface area contributed by atoms with E-state index in [-0.39, 0.29) is 5.54 Å². The van der Waals surface area contributed by atoms with E-state index in [1.54, 1.807) is 11.4 Å². The van der Waals surface area contributed by atoms with Gasteiger partial charge in [-0.1, -0.05) is 162 Å². The van der Waals surface area contributed by atoms with Gasteiger partial charge in [0.2, 0.25) is 5.69 Å². The number of hydrogen-bond donors (Lipinski definition) is 2. The van der Waals surface area contributed by atoms with Crippen molar-refractivity contribution in [1.29, 1.82) is 0 Å². The van der Waals surface area contributed by atoms with Crippen LogP contribution in [0.2, 0.25) is 0 Å². The van der Waals surface area contributed by atoms with E-state index in [0.717, 1.165) is 49.9 Å². The second kappa shape index (κ2) is 29.0. The van der Waals surface area contributed by atoms with Crippen molar-refractivity contribution >= 4 is 40.3 Å². The quantitative estimate of drug-likeness (QED) is 0.0179. The molecule has 1 aromatic carbocycles. The number of nitrogens with two attached hydrogens (primary N) is 2. The lowest BCUT2D eigenvalue weighted by Crippen LogP contribution is -2.51. The minimum absolute atomic E-state index is 0.0965. The molecule has 4 N–H and O–H groups in total. The molecule has 1 rings (SSSR count). The summed E-state index contributed by atoms with van der Waals surface area (Å²) in [5.41, 5.74) is 6.73. The second-order valence-electron chi connectivity index (χ2n) is 15.7. The van der Waals surface area contributed by atoms with Crippen molar-refractivity contribution in [3.63, 3.8) is 0 Å². The molecular formula is C42H83N4O2PS2. The zero-order valence-corrected chi connectivity index (χ0v) is 37.2. The summed E-state index contributed by atoms with van der Waals surface area (Å²) in [6, 6.07) is 6.34. The van der Waals surface area contributed by atoms with E-state index < -0.39 is 5.69 Å². The Morgan fingerprint density at radius 1 is 0.745 bits per heavy atom. The monoisotopic (exact) mass is 771 g/mol. The zero-order valence-electron chi connectivity index (χ0n) is 34.7. The summed E-state index contributed by atoms with van der Waals surface area (Å²) in [6.45, 7) is 20.3. The van der Waals surface area contributed by atoms with Crippen LogP contribution in [0.25, 0.3) is 0 Å². The van der Waals surface area contributed by atoms with Gasteiger partial charge in [0.05, 0.1) is 37.1 Å². The Morgan fingerprint density at radius 3 is 1.84 bits per heavy atom. The molecule has 1 aromatic rings. The molecule has 0 aromatic heterocycles. The van der Waals surface area contributed by atoms with E-state index in [1.807, 2.05) is 11.1 Å². The highest BCUT2D eigenvalue weighted by atomic mass is 32.9. The Morgan fingerprint density at radius 2 is 1.27 bits per heavy atom. The summed E-state index contributed by atoms with van der Waals surface area (Å²) < 4.78 is 13.5. The van der Waals surface area contributed by atoms with E-state index >= 15 is 0 Å². The van der Waals surface area contributed by atoms with Crippen molar-refractivity contribution < 1.29 is 9.05 Å². The Bertz CT molecular complexity index is 1050. The number of nitrogens with zero attached hydrogens (tertiary/aromatic N) is 2. The molecule has 51 heavy (non-hydrogen) atoms. The normalized spacial score (nSPS) is 14.5. The molecule has 0 aliphatic heterocycles. The number of benzene rings is 1. The van der Waals surface area contributed by atoms with Crippen molar-refractivity contribution in [3.05, 3.63) is 23.8 Å². The largest absolute Gasteiger partial charge is 0.397 e. The van der Waals surface area contributed by atoms with Crippen molar-refractivity contribution in [1.82, 2.24) is 4.90 Å². The summed E-state index contributed by atoms with van der Waals surface area (Å²) in [7, 11) is 0. The van der Waals surface area contributed by atoms with E-state index in [2.05, 4.69) is 72.4 Å². The lowest BCUT2D eigenvalue weighted by atomic mass is 9.94. The van der Waals surface area contributed by atoms with Gasteiger partial charge in [-0.05, 0) is 87.3 Å². The molecule has 0 spiro atoms. The van der Waals surface area contributed by atoms with Crippen LogP contribution in [-0.4, -0.2) is 36.2 Å². The maximum atomic E-state index is 6.92. The number of hydrogen-bond acceptors (Lipinski definition) is 8. The van der Waals surface area contributed by atoms with Crippen LogP contribution in [0.5, 0.6) is 0 Å². The molecule has 0 aliphatic rings. The average molecular weight is 771 g/mol. The Kier molecular flexibility index (Phi) is 27.7. The van der Waals surface area contributed by atoms with Crippen LogP contribution in [0, 0.1) is 11.8 Å². The number of rotatable bonds is 34. The molecule has 0 saturated heterocycles. The van der Waals surface area contributed by atoms with Crippen LogP contribution >= 0.6 is 17.1 Å². The number of unbranched alkanes of at least 4 members (excludes halogenated alkanes) is 11. The molecule has 3 unspecified atom stereocenters. The molecule has 0 radical (unpaired) electrons. The number of nitrogen functional groups attached to an aromatic ring is 1. The number of hydrazine groups is 1. The lowest BCUT2D eigenvalue weighted by molar-refractivity contribution is 0.133. The molecule has 0 amide bonds. The minimum Gasteiger partial charge on any atom is -0.397 e. The van der Waals surface area contributed by atoms with Crippen molar-refractivity contribution in [2.24, 2.45) is 17.7 Å². The average Bonchev–Trinajstić information content (AvgIpc) is 3.12. The van der Waals surface area contributed by atoms with Gasteiger partial charge >= 0.3 is 0 Å². The fraction of sp³-hybridized carbons (Fsp3) is 0.857. The first kappa shape index (κ1) is 48.7. The molecule has 0 fully saturated rings. The third-order valence-electron chi connectivity index (χ3n) is 10.7. The predicted molar refractivity (Wildman–Crippen MR) is 234 cm³/mol. The van der Waals surface area contributed by atoms with Crippen molar-refractivity contribution in [2.45, 2.75) is 196 Å².